The van der Waals surface area contributed by atoms with Crippen LogP contribution >= 0.6 is 0 Å². The Bertz CT molecular complexity index is 2590. The first kappa shape index (κ1) is 50.1. The van der Waals surface area contributed by atoms with E-state index in [4.69, 9.17) is 13.2 Å². The van der Waals surface area contributed by atoms with Gasteiger partial charge in [-0.05, 0) is 81.2 Å². The normalized spacial score (nSPS) is 22.2. The second kappa shape index (κ2) is 22.3. The third-order valence-corrected chi connectivity index (χ3v) is 13.8. The van der Waals surface area contributed by atoms with Gasteiger partial charge >= 0.3 is 6.09 Å². The lowest BCUT2D eigenvalue weighted by atomic mass is 9.98. The van der Waals surface area contributed by atoms with E-state index < -0.39 is 114 Å². The minimum Gasteiger partial charge on any atom is -0.448 e. The number of β-amino-alcohol motifs (C(OH)–C–C–N with tert-alkyl or cyclic N) is 2. The maximum atomic E-state index is 14.4. The molecular weight excluding hydrogens is 929 g/mol. The average Bonchev–Trinajstić information content (AvgIpc) is 4.17. The van der Waals surface area contributed by atoms with E-state index in [0.29, 0.717) is 19.3 Å². The summed E-state index contributed by atoms with van der Waals surface area (Å²) in [5.74, 6) is -6.71. The van der Waals surface area contributed by atoms with Gasteiger partial charge in [-0.2, -0.15) is 0 Å². The number of rotatable bonds is 18. The van der Waals surface area contributed by atoms with Gasteiger partial charge in [0.1, 0.15) is 41.9 Å². The molecule has 9 N–H and O–H groups in total. The average molecular weight is 997 g/mol. The minimum absolute atomic E-state index is 0.102. The highest BCUT2D eigenvalue weighted by atomic mass is 16.6. The quantitative estimate of drug-likeness (QED) is 0.0869. The summed E-state index contributed by atoms with van der Waals surface area (Å²) in [5.41, 5.74) is 6.53. The number of aliphatic hydroxyl groups excluding tert-OH is 3. The van der Waals surface area contributed by atoms with Gasteiger partial charge in [-0.1, -0.05) is 78.9 Å². The van der Waals surface area contributed by atoms with Crippen molar-refractivity contribution >= 4 is 47.4 Å². The van der Waals surface area contributed by atoms with Crippen molar-refractivity contribution in [1.82, 2.24) is 36.0 Å². The van der Waals surface area contributed by atoms with Crippen LogP contribution in [0.25, 0.3) is 11.1 Å². The molecule has 3 aromatic carbocycles. The molecule has 7 atom stereocenters. The number of likely N-dealkylation sites (tertiary alicyclic amines) is 3. The van der Waals surface area contributed by atoms with Gasteiger partial charge in [0.05, 0.1) is 31.4 Å². The maximum absolute atomic E-state index is 14.4. The van der Waals surface area contributed by atoms with E-state index in [0.717, 1.165) is 37.6 Å². The van der Waals surface area contributed by atoms with Crippen molar-refractivity contribution in [3.05, 3.63) is 95.6 Å². The molecule has 0 aromatic heterocycles. The van der Waals surface area contributed by atoms with Crippen molar-refractivity contribution in [3.8, 4) is 11.1 Å². The molecule has 0 unspecified atom stereocenters. The predicted molar refractivity (Wildman–Crippen MR) is 261 cm³/mol. The standard InChI is InChI=1S/C52H66N8O12/c1-51(2,48(69)58-22-12-19-40(58)45(66)54-31(28-61)23-30-13-6-5-7-14-30)57-47(68)42-25-32(62)26-59(42)49(70)52(3,4)56-44(65)39(20-21-43(53)64)55-46(67)41-24-33(63)27-60(41)50(71)72-29-38-36-17-10-8-15-34(36)35-16-9-11-18-37(35)38/h5-11,13-18,31-33,38-42,61-63H,12,19-29H2,1-4H3,(H2,53,64)(H,54,66)(H,55,67)(H,56,65)(H,57,68)/t31-,32+,33+,39-,40-,41-,42-/m0/s1/i21D2. The molecule has 3 fully saturated rings. The number of primary amides is 1. The van der Waals surface area contributed by atoms with E-state index in [2.05, 4.69) is 21.3 Å². The molecule has 386 valence electrons. The lowest BCUT2D eigenvalue weighted by molar-refractivity contribution is -0.148. The van der Waals surface area contributed by atoms with Gasteiger partial charge in [0.25, 0.3) is 0 Å². The molecule has 1 aliphatic carbocycles. The minimum atomic E-state index is -2.89. The lowest BCUT2D eigenvalue weighted by Gasteiger charge is -2.37. The zero-order valence-electron chi connectivity index (χ0n) is 42.8. The first-order valence-electron chi connectivity index (χ1n) is 25.2. The summed E-state index contributed by atoms with van der Waals surface area (Å²) in [5, 5.41) is 41.9. The van der Waals surface area contributed by atoms with Crippen molar-refractivity contribution in [1.29, 1.82) is 0 Å². The number of nitrogens with two attached hydrogens (primary N) is 1. The van der Waals surface area contributed by atoms with Gasteiger partial charge in [0, 0.05) is 41.0 Å². The van der Waals surface area contributed by atoms with Crippen LogP contribution in [0.5, 0.6) is 0 Å². The highest BCUT2D eigenvalue weighted by molar-refractivity contribution is 5.99. The summed E-state index contributed by atoms with van der Waals surface area (Å²) in [4.78, 5) is 114. The van der Waals surface area contributed by atoms with Crippen molar-refractivity contribution < 1.29 is 61.2 Å². The lowest BCUT2D eigenvalue weighted by Crippen LogP contribution is -2.64. The van der Waals surface area contributed by atoms with Gasteiger partial charge < -0.3 is 56.9 Å². The second-order valence-corrected chi connectivity index (χ2v) is 20.0. The van der Waals surface area contributed by atoms with Crippen LogP contribution in [0.4, 0.5) is 4.79 Å². The fraction of sp³-hybridized carbons (Fsp3) is 0.500. The number of ether oxygens (including phenoxy) is 1. The summed E-state index contributed by atoms with van der Waals surface area (Å²) < 4.78 is 22.3. The molecule has 0 radical (unpaired) electrons. The van der Waals surface area contributed by atoms with Crippen LogP contribution in [0.1, 0.15) is 91.5 Å². The van der Waals surface area contributed by atoms with Gasteiger partial charge in [0.2, 0.25) is 41.4 Å². The van der Waals surface area contributed by atoms with Crippen LogP contribution in [-0.4, -0.2) is 164 Å². The first-order valence-corrected chi connectivity index (χ1v) is 24.2. The molecule has 20 nitrogen and oxygen atoms in total. The summed E-state index contributed by atoms with van der Waals surface area (Å²) in [6.07, 6.45) is -6.58. The Labute approximate surface area is 420 Å². The SMILES string of the molecule is [2H]C([2H])(C[C@H](NC(=O)[C@@H]1C[C@@H](O)CN1C(=O)OCC1c2ccccc2-c2ccccc21)C(=O)NC(C)(C)C(=O)N1C[C@H](O)C[C@H]1C(=O)NC(C)(C)C(=O)N1CCC[C@H]1C(=O)N[C@H](CO)Cc1ccccc1)C(N)=O. The molecule has 3 aromatic rings. The van der Waals surface area contributed by atoms with E-state index in [9.17, 15) is 53.7 Å². The van der Waals surface area contributed by atoms with Crippen molar-refractivity contribution in [2.45, 2.75) is 132 Å². The molecule has 0 bridgehead atoms. The van der Waals surface area contributed by atoms with Crippen LogP contribution in [0, 0.1) is 0 Å². The zero-order valence-corrected chi connectivity index (χ0v) is 40.8. The Morgan fingerprint density at radius 2 is 1.26 bits per heavy atom. The summed E-state index contributed by atoms with van der Waals surface area (Å²) in [7, 11) is 0. The molecule has 3 saturated heterocycles. The van der Waals surface area contributed by atoms with Gasteiger partial charge in [-0.3, -0.25) is 38.5 Å². The maximum Gasteiger partial charge on any atom is 0.410 e. The molecule has 0 spiro atoms. The monoisotopic (exact) mass is 996 g/mol. The number of carbonyl (C=O) groups excluding carboxylic acids is 8. The van der Waals surface area contributed by atoms with E-state index in [-0.39, 0.29) is 51.6 Å². The Morgan fingerprint density at radius 3 is 1.88 bits per heavy atom. The van der Waals surface area contributed by atoms with Crippen LogP contribution in [0.2, 0.25) is 0 Å². The largest absolute Gasteiger partial charge is 0.448 e. The number of carbonyl (C=O) groups is 8. The Hall–Kier alpha value is -6.90. The topological polar surface area (TPSA) is 290 Å². The molecular formula is C52H66N8O12. The zero-order chi connectivity index (χ0) is 53.9. The van der Waals surface area contributed by atoms with Gasteiger partial charge in [0.15, 0.2) is 0 Å². The molecule has 7 rings (SSSR count). The molecule has 72 heavy (non-hydrogen) atoms. The Kier molecular flexibility index (Phi) is 15.5. The summed E-state index contributed by atoms with van der Waals surface area (Å²) in [6.45, 7) is 4.52. The Morgan fingerprint density at radius 1 is 0.722 bits per heavy atom. The van der Waals surface area contributed by atoms with Gasteiger partial charge in [-0.25, -0.2) is 4.79 Å². The van der Waals surface area contributed by atoms with Crippen molar-refractivity contribution in [3.63, 3.8) is 0 Å². The molecule has 8 amide bonds. The number of hydrogen-bond donors (Lipinski definition) is 8. The summed E-state index contributed by atoms with van der Waals surface area (Å²) >= 11 is 0. The Balaban J connectivity index is 0.997. The van der Waals surface area contributed by atoms with E-state index >= 15 is 0 Å². The predicted octanol–water partition coefficient (Wildman–Crippen LogP) is 0.583. The van der Waals surface area contributed by atoms with Gasteiger partial charge in [-0.15, -0.1) is 0 Å². The van der Waals surface area contributed by atoms with E-state index in [1.54, 1.807) is 0 Å². The number of amides is 8. The highest BCUT2D eigenvalue weighted by Gasteiger charge is 2.49. The first-order chi connectivity index (χ1) is 34.9. The highest BCUT2D eigenvalue weighted by Crippen LogP contribution is 2.44. The number of fused-ring (bicyclic) bond motifs is 3. The van der Waals surface area contributed by atoms with Crippen molar-refractivity contribution in [2.75, 3.05) is 32.8 Å². The van der Waals surface area contributed by atoms with Crippen molar-refractivity contribution in [2.24, 2.45) is 5.73 Å². The molecule has 3 aliphatic heterocycles. The smallest absolute Gasteiger partial charge is 0.410 e. The second-order valence-electron chi connectivity index (χ2n) is 20.0. The number of nitrogens with one attached hydrogen (secondary N) is 4. The van der Waals surface area contributed by atoms with Crippen LogP contribution in [0.15, 0.2) is 78.9 Å². The number of aliphatic hydroxyl groups is 3. The fourth-order valence-electron chi connectivity index (χ4n) is 10.2. The number of benzene rings is 3. The summed E-state index contributed by atoms with van der Waals surface area (Å²) in [6, 6.07) is 18.5. The van der Waals surface area contributed by atoms with E-state index in [1.165, 1.54) is 32.6 Å². The third-order valence-electron chi connectivity index (χ3n) is 13.8. The fourth-order valence-corrected chi connectivity index (χ4v) is 10.2. The van der Waals surface area contributed by atoms with Crippen LogP contribution in [0.3, 0.4) is 0 Å². The molecule has 20 heteroatoms. The molecule has 4 aliphatic rings. The van der Waals surface area contributed by atoms with Crippen LogP contribution in [-0.2, 0) is 44.7 Å². The third kappa shape index (κ3) is 11.9. The van der Waals surface area contributed by atoms with Crippen LogP contribution < -0.4 is 27.0 Å². The number of hydrogen-bond acceptors (Lipinski definition) is 12. The van der Waals surface area contributed by atoms with E-state index in [1.807, 2.05) is 78.9 Å². The number of nitrogens with zero attached hydrogens (tertiary/aromatic N) is 3. The molecule has 0 saturated carbocycles. The molecule has 3 heterocycles.